The Morgan fingerprint density at radius 1 is 1.24 bits per heavy atom. The fraction of sp³-hybridized carbons (Fsp3) is 0.722. The van der Waals surface area contributed by atoms with Crippen molar-refractivity contribution in [1.82, 2.24) is 14.8 Å². The molecule has 0 aromatic carbocycles. The quantitative estimate of drug-likeness (QED) is 0.848. The second kappa shape index (κ2) is 6.89. The minimum atomic E-state index is 0.847. The molecule has 0 saturated carbocycles. The monoisotopic (exact) mass is 287 g/mol. The van der Waals surface area contributed by atoms with Gasteiger partial charge < -0.3 is 9.80 Å². The summed E-state index contributed by atoms with van der Waals surface area (Å²) in [7, 11) is 2.26. The van der Waals surface area contributed by atoms with Crippen LogP contribution in [0.3, 0.4) is 0 Å². The van der Waals surface area contributed by atoms with Crippen molar-refractivity contribution in [3.8, 4) is 0 Å². The maximum absolute atomic E-state index is 4.54. The van der Waals surface area contributed by atoms with E-state index < -0.39 is 0 Å². The van der Waals surface area contributed by atoms with Crippen LogP contribution in [0.4, 0.5) is 0 Å². The molecule has 2 saturated heterocycles. The molecule has 3 rings (SSSR count). The lowest BCUT2D eigenvalue weighted by atomic mass is 9.83. The molecule has 2 aliphatic heterocycles. The van der Waals surface area contributed by atoms with E-state index >= 15 is 0 Å². The smallest absolute Gasteiger partial charge is 0.0572 e. The molecule has 116 valence electrons. The average molecular weight is 287 g/mol. The Morgan fingerprint density at radius 2 is 2.10 bits per heavy atom. The lowest BCUT2D eigenvalue weighted by Gasteiger charge is -2.45. The van der Waals surface area contributed by atoms with E-state index in [9.17, 15) is 0 Å². The minimum absolute atomic E-state index is 0.847. The van der Waals surface area contributed by atoms with Crippen LogP contribution in [0, 0.1) is 12.8 Å². The van der Waals surface area contributed by atoms with Crippen molar-refractivity contribution in [2.24, 2.45) is 5.92 Å². The first-order valence-electron chi connectivity index (χ1n) is 8.57. The zero-order valence-corrected chi connectivity index (χ0v) is 13.6. The van der Waals surface area contributed by atoms with Crippen LogP contribution in [0.15, 0.2) is 18.3 Å². The zero-order chi connectivity index (χ0) is 14.7. The Bertz CT molecular complexity index is 458. The van der Waals surface area contributed by atoms with Gasteiger partial charge in [0.05, 0.1) is 5.69 Å². The van der Waals surface area contributed by atoms with Crippen LogP contribution in [0.25, 0.3) is 0 Å². The van der Waals surface area contributed by atoms with Crippen LogP contribution >= 0.6 is 0 Å². The highest BCUT2D eigenvalue weighted by atomic mass is 15.2. The minimum Gasteiger partial charge on any atom is -0.300 e. The molecule has 3 heteroatoms. The third kappa shape index (κ3) is 3.64. The predicted molar refractivity (Wildman–Crippen MR) is 87.2 cm³/mol. The normalized spacial score (nSPS) is 26.8. The molecule has 0 N–H and O–H groups in total. The van der Waals surface area contributed by atoms with Crippen molar-refractivity contribution in [3.05, 3.63) is 29.6 Å². The van der Waals surface area contributed by atoms with E-state index in [0.29, 0.717) is 0 Å². The summed E-state index contributed by atoms with van der Waals surface area (Å²) in [5.41, 5.74) is 2.54. The summed E-state index contributed by atoms with van der Waals surface area (Å²) >= 11 is 0. The summed E-state index contributed by atoms with van der Waals surface area (Å²) in [6.45, 7) is 7.04. The summed E-state index contributed by atoms with van der Waals surface area (Å²) in [5, 5.41) is 0. The van der Waals surface area contributed by atoms with Crippen molar-refractivity contribution in [2.45, 2.75) is 51.6 Å². The van der Waals surface area contributed by atoms with Crippen LogP contribution in [-0.4, -0.2) is 47.5 Å². The fourth-order valence-electron chi connectivity index (χ4n) is 4.19. The highest BCUT2D eigenvalue weighted by Crippen LogP contribution is 2.31. The average Bonchev–Trinajstić information content (AvgIpc) is 2.50. The SMILES string of the molecule is Cc1cccnc1CN(C)C[C@@H]1CCCN2CCCC[C@H]12. The Morgan fingerprint density at radius 3 is 2.95 bits per heavy atom. The van der Waals surface area contributed by atoms with Gasteiger partial charge in [-0.2, -0.15) is 0 Å². The van der Waals surface area contributed by atoms with Gasteiger partial charge in [-0.05, 0) is 70.3 Å². The largest absolute Gasteiger partial charge is 0.300 e. The molecule has 0 spiro atoms. The molecule has 3 nitrogen and oxygen atoms in total. The van der Waals surface area contributed by atoms with Crippen LogP contribution in [0.5, 0.6) is 0 Å². The summed E-state index contributed by atoms with van der Waals surface area (Å²) in [6, 6.07) is 5.04. The molecular weight excluding hydrogens is 258 g/mol. The summed E-state index contributed by atoms with van der Waals surface area (Å²) < 4.78 is 0. The number of aryl methyl sites for hydroxylation is 1. The van der Waals surface area contributed by atoms with Crippen LogP contribution < -0.4 is 0 Å². The van der Waals surface area contributed by atoms with Crippen molar-refractivity contribution in [2.75, 3.05) is 26.7 Å². The van der Waals surface area contributed by atoms with Crippen molar-refractivity contribution in [3.63, 3.8) is 0 Å². The lowest BCUT2D eigenvalue weighted by molar-refractivity contribution is 0.0433. The molecule has 1 aromatic rings. The van der Waals surface area contributed by atoms with Crippen molar-refractivity contribution in [1.29, 1.82) is 0 Å². The maximum atomic E-state index is 4.54. The Labute approximate surface area is 129 Å². The fourth-order valence-corrected chi connectivity index (χ4v) is 4.19. The lowest BCUT2D eigenvalue weighted by Crippen LogP contribution is -2.50. The molecular formula is C18H29N3. The molecule has 0 amide bonds. The molecule has 21 heavy (non-hydrogen) atoms. The Balaban J connectivity index is 1.58. The summed E-state index contributed by atoms with van der Waals surface area (Å²) in [4.78, 5) is 9.79. The predicted octanol–water partition coefficient (Wildman–Crippen LogP) is 3.09. The number of aromatic nitrogens is 1. The molecule has 0 aliphatic carbocycles. The van der Waals surface area contributed by atoms with Gasteiger partial charge in [0, 0.05) is 25.3 Å². The second-order valence-electron chi connectivity index (χ2n) is 6.97. The van der Waals surface area contributed by atoms with Crippen LogP contribution in [0.1, 0.15) is 43.4 Å². The molecule has 0 unspecified atom stereocenters. The highest BCUT2D eigenvalue weighted by Gasteiger charge is 2.33. The van der Waals surface area contributed by atoms with Gasteiger partial charge >= 0.3 is 0 Å². The van der Waals surface area contributed by atoms with Gasteiger partial charge in [-0.1, -0.05) is 12.5 Å². The second-order valence-corrected chi connectivity index (χ2v) is 6.97. The molecule has 2 atom stereocenters. The molecule has 0 bridgehead atoms. The van der Waals surface area contributed by atoms with Crippen molar-refractivity contribution < 1.29 is 0 Å². The van der Waals surface area contributed by atoms with E-state index in [2.05, 4.69) is 34.8 Å². The number of nitrogens with zero attached hydrogens (tertiary/aromatic N) is 3. The number of rotatable bonds is 4. The van der Waals surface area contributed by atoms with Gasteiger partial charge in [0.25, 0.3) is 0 Å². The third-order valence-electron chi connectivity index (χ3n) is 5.31. The van der Waals surface area contributed by atoms with E-state index in [1.54, 1.807) is 0 Å². The van der Waals surface area contributed by atoms with Gasteiger partial charge in [0.2, 0.25) is 0 Å². The van der Waals surface area contributed by atoms with Crippen molar-refractivity contribution >= 4 is 0 Å². The first-order chi connectivity index (χ1) is 10.2. The third-order valence-corrected chi connectivity index (χ3v) is 5.31. The Kier molecular flexibility index (Phi) is 4.91. The summed E-state index contributed by atoms with van der Waals surface area (Å²) in [6.07, 6.45) is 8.97. The van der Waals surface area contributed by atoms with Gasteiger partial charge in [0.1, 0.15) is 0 Å². The maximum Gasteiger partial charge on any atom is 0.0572 e. The van der Waals surface area contributed by atoms with E-state index in [-0.39, 0.29) is 0 Å². The van der Waals surface area contributed by atoms with Crippen LogP contribution in [-0.2, 0) is 6.54 Å². The van der Waals surface area contributed by atoms with Gasteiger partial charge in [0.15, 0.2) is 0 Å². The number of hydrogen-bond acceptors (Lipinski definition) is 3. The van der Waals surface area contributed by atoms with Gasteiger partial charge in [-0.3, -0.25) is 4.98 Å². The topological polar surface area (TPSA) is 19.4 Å². The first-order valence-corrected chi connectivity index (χ1v) is 8.57. The number of fused-ring (bicyclic) bond motifs is 1. The molecule has 1 aromatic heterocycles. The molecule has 0 radical (unpaired) electrons. The Hall–Kier alpha value is -0.930. The molecule has 2 aliphatic rings. The van der Waals surface area contributed by atoms with E-state index in [0.717, 1.165) is 18.5 Å². The van der Waals surface area contributed by atoms with E-state index in [1.165, 1.54) is 63.0 Å². The zero-order valence-electron chi connectivity index (χ0n) is 13.6. The summed E-state index contributed by atoms with van der Waals surface area (Å²) in [5.74, 6) is 0.855. The molecule has 2 fully saturated rings. The highest BCUT2D eigenvalue weighted by molar-refractivity contribution is 5.17. The van der Waals surface area contributed by atoms with E-state index in [4.69, 9.17) is 0 Å². The van der Waals surface area contributed by atoms with E-state index in [1.807, 2.05) is 12.3 Å². The number of piperidine rings is 2. The van der Waals surface area contributed by atoms with Gasteiger partial charge in [-0.25, -0.2) is 0 Å². The number of pyridine rings is 1. The number of hydrogen-bond donors (Lipinski definition) is 0. The van der Waals surface area contributed by atoms with Gasteiger partial charge in [-0.15, -0.1) is 0 Å². The van der Waals surface area contributed by atoms with Crippen LogP contribution in [0.2, 0.25) is 0 Å². The first kappa shape index (κ1) is 15.0. The standard InChI is InChI=1S/C18H29N3/c1-15-7-5-10-19-17(15)14-20(2)13-16-8-6-12-21-11-4-3-9-18(16)21/h5,7,10,16,18H,3-4,6,8-9,11-14H2,1-2H3/t16-,18+/m0/s1. The molecule has 3 heterocycles.